The number of carbonyl (C=O) groups excluding carboxylic acids is 1. The summed E-state index contributed by atoms with van der Waals surface area (Å²) in [5.74, 6) is -1.01. The summed E-state index contributed by atoms with van der Waals surface area (Å²) in [6.07, 6.45) is 0. The molecular formula is C24H19FN2O3S2. The van der Waals surface area contributed by atoms with Gasteiger partial charge in [0.05, 0.1) is 16.6 Å². The van der Waals surface area contributed by atoms with Gasteiger partial charge in [0.1, 0.15) is 5.82 Å². The first-order valence-electron chi connectivity index (χ1n) is 9.71. The van der Waals surface area contributed by atoms with E-state index in [0.717, 1.165) is 10.4 Å². The van der Waals surface area contributed by atoms with Gasteiger partial charge < -0.3 is 5.32 Å². The smallest absolute Gasteiger partial charge is 0.261 e. The number of benzene rings is 3. The molecule has 1 unspecified atom stereocenters. The monoisotopic (exact) mass is 466 g/mol. The lowest BCUT2D eigenvalue weighted by atomic mass is 10.0. The number of thiophene rings is 1. The molecule has 0 aliphatic carbocycles. The van der Waals surface area contributed by atoms with Gasteiger partial charge in [-0.05, 0) is 53.4 Å². The fourth-order valence-electron chi connectivity index (χ4n) is 3.17. The maximum Gasteiger partial charge on any atom is 0.261 e. The third-order valence-electron chi connectivity index (χ3n) is 4.78. The Bertz CT molecular complexity index is 1310. The van der Waals surface area contributed by atoms with E-state index in [0.29, 0.717) is 5.56 Å². The SMILES string of the molecule is O=C(NC(c1ccccc1)c1cccs1)c1ccc(S(=O)(=O)Nc2ccccc2F)cc1. The third kappa shape index (κ3) is 4.87. The highest BCUT2D eigenvalue weighted by Crippen LogP contribution is 2.26. The van der Waals surface area contributed by atoms with E-state index >= 15 is 0 Å². The lowest BCUT2D eigenvalue weighted by Crippen LogP contribution is -2.28. The van der Waals surface area contributed by atoms with Crippen molar-refractivity contribution in [2.45, 2.75) is 10.9 Å². The van der Waals surface area contributed by atoms with Crippen molar-refractivity contribution in [3.63, 3.8) is 0 Å². The van der Waals surface area contributed by atoms with E-state index in [-0.39, 0.29) is 22.5 Å². The lowest BCUT2D eigenvalue weighted by Gasteiger charge is -2.18. The van der Waals surface area contributed by atoms with Crippen molar-refractivity contribution in [1.29, 1.82) is 0 Å². The molecule has 0 saturated carbocycles. The standard InChI is InChI=1S/C24H19FN2O3S2/c25-20-9-4-5-10-21(20)27-32(29,30)19-14-12-18(13-15-19)24(28)26-23(22-11-6-16-31-22)17-7-2-1-3-8-17/h1-16,23,27H,(H,26,28). The Morgan fingerprint density at radius 3 is 2.19 bits per heavy atom. The van der Waals surface area contributed by atoms with Crippen LogP contribution in [0.25, 0.3) is 0 Å². The van der Waals surface area contributed by atoms with Crippen LogP contribution in [0.5, 0.6) is 0 Å². The molecule has 8 heteroatoms. The van der Waals surface area contributed by atoms with Gasteiger partial charge >= 0.3 is 0 Å². The molecule has 0 aliphatic rings. The van der Waals surface area contributed by atoms with Crippen molar-refractivity contribution in [3.05, 3.63) is 118 Å². The van der Waals surface area contributed by atoms with Crippen molar-refractivity contribution < 1.29 is 17.6 Å². The minimum Gasteiger partial charge on any atom is -0.340 e. The Morgan fingerprint density at radius 2 is 1.53 bits per heavy atom. The number of para-hydroxylation sites is 1. The molecule has 0 spiro atoms. The van der Waals surface area contributed by atoms with Gasteiger partial charge in [0, 0.05) is 10.4 Å². The fourth-order valence-corrected chi connectivity index (χ4v) is 5.04. The average Bonchev–Trinajstić information content (AvgIpc) is 3.34. The normalized spacial score (nSPS) is 12.2. The summed E-state index contributed by atoms with van der Waals surface area (Å²) in [4.78, 5) is 13.8. The second-order valence-electron chi connectivity index (χ2n) is 6.94. The number of sulfonamides is 1. The highest BCUT2D eigenvalue weighted by Gasteiger charge is 2.20. The van der Waals surface area contributed by atoms with Crippen molar-refractivity contribution in [1.82, 2.24) is 5.32 Å². The molecule has 1 heterocycles. The van der Waals surface area contributed by atoms with Gasteiger partial charge in [0.15, 0.2) is 0 Å². The summed E-state index contributed by atoms with van der Waals surface area (Å²) < 4.78 is 41.2. The van der Waals surface area contributed by atoms with E-state index in [1.807, 2.05) is 47.8 Å². The molecule has 0 fully saturated rings. The van der Waals surface area contributed by atoms with E-state index in [4.69, 9.17) is 0 Å². The molecule has 5 nitrogen and oxygen atoms in total. The zero-order valence-corrected chi connectivity index (χ0v) is 18.4. The van der Waals surface area contributed by atoms with E-state index in [9.17, 15) is 17.6 Å². The Kier molecular flexibility index (Phi) is 6.34. The predicted molar refractivity (Wildman–Crippen MR) is 124 cm³/mol. The van der Waals surface area contributed by atoms with E-state index in [2.05, 4.69) is 10.0 Å². The number of hydrogen-bond acceptors (Lipinski definition) is 4. The van der Waals surface area contributed by atoms with Crippen LogP contribution in [0.15, 0.2) is 101 Å². The minimum atomic E-state index is -4.00. The summed E-state index contributed by atoms with van der Waals surface area (Å²) >= 11 is 1.54. The Morgan fingerprint density at radius 1 is 0.844 bits per heavy atom. The maximum atomic E-state index is 13.8. The molecule has 0 radical (unpaired) electrons. The number of amides is 1. The minimum absolute atomic E-state index is 0.0739. The van der Waals surface area contributed by atoms with Gasteiger partial charge in [-0.1, -0.05) is 48.5 Å². The third-order valence-corrected chi connectivity index (χ3v) is 7.10. The van der Waals surface area contributed by atoms with Gasteiger partial charge in [-0.25, -0.2) is 12.8 Å². The van der Waals surface area contributed by atoms with Crippen molar-refractivity contribution in [2.75, 3.05) is 4.72 Å². The molecule has 4 aromatic rings. The van der Waals surface area contributed by atoms with Crippen LogP contribution < -0.4 is 10.0 Å². The highest BCUT2D eigenvalue weighted by molar-refractivity contribution is 7.92. The molecule has 0 bridgehead atoms. The van der Waals surface area contributed by atoms with Crippen LogP contribution in [0.2, 0.25) is 0 Å². The Balaban J connectivity index is 1.53. The van der Waals surface area contributed by atoms with Gasteiger partial charge in [-0.3, -0.25) is 9.52 Å². The Labute approximate surface area is 189 Å². The predicted octanol–water partition coefficient (Wildman–Crippen LogP) is 5.21. The molecule has 32 heavy (non-hydrogen) atoms. The van der Waals surface area contributed by atoms with Crippen LogP contribution in [0.3, 0.4) is 0 Å². The molecule has 1 aromatic heterocycles. The van der Waals surface area contributed by atoms with Crippen molar-refractivity contribution in [3.8, 4) is 0 Å². The van der Waals surface area contributed by atoms with Gasteiger partial charge in [0.2, 0.25) is 0 Å². The number of nitrogens with one attached hydrogen (secondary N) is 2. The summed E-state index contributed by atoms with van der Waals surface area (Å²) in [7, 11) is -4.00. The number of halogens is 1. The number of carbonyl (C=O) groups is 1. The molecule has 1 amide bonds. The topological polar surface area (TPSA) is 75.3 Å². The van der Waals surface area contributed by atoms with Crippen LogP contribution >= 0.6 is 11.3 Å². The zero-order chi connectivity index (χ0) is 22.6. The maximum absolute atomic E-state index is 13.8. The van der Waals surface area contributed by atoms with Crippen molar-refractivity contribution in [2.24, 2.45) is 0 Å². The lowest BCUT2D eigenvalue weighted by molar-refractivity contribution is 0.0943. The second kappa shape index (κ2) is 9.33. The largest absolute Gasteiger partial charge is 0.340 e. The molecule has 3 aromatic carbocycles. The molecule has 0 saturated heterocycles. The second-order valence-corrected chi connectivity index (χ2v) is 9.60. The van der Waals surface area contributed by atoms with Gasteiger partial charge in [-0.15, -0.1) is 11.3 Å². The van der Waals surface area contributed by atoms with Crippen LogP contribution in [0, 0.1) is 5.82 Å². The number of hydrogen-bond donors (Lipinski definition) is 2. The van der Waals surface area contributed by atoms with Crippen LogP contribution in [0.1, 0.15) is 26.8 Å². The van der Waals surface area contributed by atoms with Crippen LogP contribution in [-0.4, -0.2) is 14.3 Å². The van der Waals surface area contributed by atoms with Gasteiger partial charge in [0.25, 0.3) is 15.9 Å². The fraction of sp³-hybridized carbons (Fsp3) is 0.0417. The summed E-state index contributed by atoms with van der Waals surface area (Å²) in [5, 5.41) is 4.96. The first kappa shape index (κ1) is 21.7. The summed E-state index contributed by atoms with van der Waals surface area (Å²) in [5.41, 5.74) is 1.11. The molecule has 162 valence electrons. The van der Waals surface area contributed by atoms with Crippen molar-refractivity contribution >= 4 is 33.0 Å². The average molecular weight is 467 g/mol. The van der Waals surface area contributed by atoms with Gasteiger partial charge in [-0.2, -0.15) is 0 Å². The number of anilines is 1. The van der Waals surface area contributed by atoms with E-state index in [1.54, 1.807) is 0 Å². The van der Waals surface area contributed by atoms with Crippen LogP contribution in [-0.2, 0) is 10.0 Å². The molecule has 0 aliphatic heterocycles. The molecule has 2 N–H and O–H groups in total. The Hall–Kier alpha value is -3.49. The highest BCUT2D eigenvalue weighted by atomic mass is 32.2. The van der Waals surface area contributed by atoms with E-state index in [1.165, 1.54) is 59.9 Å². The number of rotatable bonds is 7. The summed E-state index contributed by atoms with van der Waals surface area (Å²) in [6, 6.07) is 24.2. The van der Waals surface area contributed by atoms with Crippen LogP contribution in [0.4, 0.5) is 10.1 Å². The molecule has 1 atom stereocenters. The first-order chi connectivity index (χ1) is 15.4. The first-order valence-corrected chi connectivity index (χ1v) is 12.1. The molecule has 4 rings (SSSR count). The zero-order valence-electron chi connectivity index (χ0n) is 16.7. The quantitative estimate of drug-likeness (QED) is 0.393. The van der Waals surface area contributed by atoms with E-state index < -0.39 is 15.8 Å². The summed E-state index contributed by atoms with van der Waals surface area (Å²) in [6.45, 7) is 0. The molecular weight excluding hydrogens is 447 g/mol.